The molecule has 0 saturated heterocycles. The van der Waals surface area contributed by atoms with Crippen molar-refractivity contribution in [1.29, 1.82) is 0 Å². The van der Waals surface area contributed by atoms with Crippen LogP contribution in [0.5, 0.6) is 0 Å². The normalized spacial score (nSPS) is 46.6. The Morgan fingerprint density at radius 3 is 2.66 bits per heavy atom. The highest BCUT2D eigenvalue weighted by molar-refractivity contribution is 5.83. The molecule has 1 N–H and O–H groups in total. The van der Waals surface area contributed by atoms with Gasteiger partial charge in [0.25, 0.3) is 0 Å². The second-order valence-corrected chi connectivity index (χ2v) is 11.4. The van der Waals surface area contributed by atoms with E-state index in [-0.39, 0.29) is 11.3 Å². The number of hydrogen-bond acceptors (Lipinski definition) is 3. The molecular formula is C25H38N2O2. The van der Waals surface area contributed by atoms with Gasteiger partial charge < -0.3 is 9.67 Å². The molecule has 4 saturated carbocycles. The largest absolute Gasteiger partial charge is 0.390 e. The molecule has 5 rings (SSSR count). The van der Waals surface area contributed by atoms with E-state index in [1.807, 2.05) is 24.7 Å². The highest BCUT2D eigenvalue weighted by Crippen LogP contribution is 2.64. The average Bonchev–Trinajstić information content (AvgIpc) is 3.23. The minimum atomic E-state index is -0.437. The van der Waals surface area contributed by atoms with E-state index < -0.39 is 5.60 Å². The molecule has 29 heavy (non-hydrogen) atoms. The lowest BCUT2D eigenvalue weighted by Crippen LogP contribution is -2.51. The van der Waals surface area contributed by atoms with Crippen LogP contribution in [-0.2, 0) is 18.3 Å². The fraction of sp³-hybridized carbons (Fsp3) is 0.840. The van der Waals surface area contributed by atoms with Crippen molar-refractivity contribution in [1.82, 2.24) is 9.55 Å². The van der Waals surface area contributed by atoms with Crippen molar-refractivity contribution >= 4 is 5.78 Å². The Balaban J connectivity index is 1.32. The van der Waals surface area contributed by atoms with Crippen LogP contribution in [0.4, 0.5) is 0 Å². The molecule has 4 nitrogen and oxygen atoms in total. The highest BCUT2D eigenvalue weighted by Gasteiger charge is 2.58. The highest BCUT2D eigenvalue weighted by atomic mass is 16.3. The van der Waals surface area contributed by atoms with Gasteiger partial charge in [0.05, 0.1) is 12.0 Å². The number of rotatable bonds is 3. The Morgan fingerprint density at radius 1 is 1.10 bits per heavy atom. The van der Waals surface area contributed by atoms with Crippen LogP contribution in [0.3, 0.4) is 0 Å². The number of carbonyl (C=O) groups excluding carboxylic acids is 1. The van der Waals surface area contributed by atoms with E-state index in [0.717, 1.165) is 54.7 Å². The monoisotopic (exact) mass is 398 g/mol. The molecule has 4 fully saturated rings. The van der Waals surface area contributed by atoms with Crippen LogP contribution in [0, 0.1) is 40.9 Å². The molecule has 8 unspecified atom stereocenters. The number of fused-ring (bicyclic) bond motifs is 5. The van der Waals surface area contributed by atoms with Crippen LogP contribution in [0.1, 0.15) is 77.5 Å². The number of hydrogen-bond donors (Lipinski definition) is 1. The third kappa shape index (κ3) is 3.21. The third-order valence-corrected chi connectivity index (χ3v) is 9.88. The van der Waals surface area contributed by atoms with Crippen molar-refractivity contribution in [3.63, 3.8) is 0 Å². The molecule has 0 bridgehead atoms. The van der Waals surface area contributed by atoms with E-state index in [1.165, 1.54) is 38.5 Å². The van der Waals surface area contributed by atoms with E-state index in [2.05, 4.69) is 11.9 Å². The first-order valence-corrected chi connectivity index (χ1v) is 12.0. The lowest BCUT2D eigenvalue weighted by molar-refractivity contribution is -0.131. The summed E-state index contributed by atoms with van der Waals surface area (Å²) in [5.74, 6) is 5.47. The van der Waals surface area contributed by atoms with Gasteiger partial charge in [-0.1, -0.05) is 6.92 Å². The molecule has 1 aromatic heterocycles. The van der Waals surface area contributed by atoms with E-state index in [9.17, 15) is 9.90 Å². The standard InChI is InChI=1S/C25H38N2O2/c1-24(29)10-8-17-16(15-24)4-5-19-18(17)9-11-25(2)20(19)6-7-21(25)22(28)14-23-26-12-13-27(23)3/h12-13,16-21,29H,4-11,14-15H2,1-3H3. The first-order chi connectivity index (χ1) is 13.8. The van der Waals surface area contributed by atoms with E-state index in [1.54, 1.807) is 6.20 Å². The van der Waals surface area contributed by atoms with Crippen LogP contribution in [0.25, 0.3) is 0 Å². The molecule has 0 amide bonds. The topological polar surface area (TPSA) is 55.1 Å². The lowest BCUT2D eigenvalue weighted by Gasteiger charge is -2.56. The summed E-state index contributed by atoms with van der Waals surface area (Å²) in [6.07, 6.45) is 14.9. The Kier molecular flexibility index (Phi) is 4.73. The maximum atomic E-state index is 13.3. The van der Waals surface area contributed by atoms with Gasteiger partial charge in [-0.05, 0) is 99.7 Å². The fourth-order valence-corrected chi connectivity index (χ4v) is 8.46. The molecule has 0 spiro atoms. The summed E-state index contributed by atoms with van der Waals surface area (Å²) in [5, 5.41) is 10.6. The third-order valence-electron chi connectivity index (χ3n) is 9.88. The van der Waals surface area contributed by atoms with Crippen LogP contribution in [0.15, 0.2) is 12.4 Å². The predicted octanol–water partition coefficient (Wildman–Crippen LogP) is 4.55. The molecule has 0 aromatic carbocycles. The lowest BCUT2D eigenvalue weighted by atomic mass is 9.49. The van der Waals surface area contributed by atoms with Gasteiger partial charge in [0.15, 0.2) is 0 Å². The Labute approximate surface area is 175 Å². The molecule has 160 valence electrons. The van der Waals surface area contributed by atoms with Crippen molar-refractivity contribution in [3.8, 4) is 0 Å². The average molecular weight is 399 g/mol. The molecule has 4 aliphatic carbocycles. The number of Topliss-reactive ketones (excluding diaryl/α,β-unsaturated/α-hetero) is 1. The molecule has 1 heterocycles. The Morgan fingerprint density at radius 2 is 1.90 bits per heavy atom. The predicted molar refractivity (Wildman–Crippen MR) is 113 cm³/mol. The number of carbonyl (C=O) groups is 1. The summed E-state index contributed by atoms with van der Waals surface area (Å²) in [6, 6.07) is 0. The van der Waals surface area contributed by atoms with Gasteiger partial charge in [0.2, 0.25) is 0 Å². The van der Waals surface area contributed by atoms with Gasteiger partial charge in [-0.25, -0.2) is 4.98 Å². The number of ketones is 1. The van der Waals surface area contributed by atoms with Crippen molar-refractivity contribution in [2.24, 2.45) is 48.0 Å². The zero-order valence-electron chi connectivity index (χ0n) is 18.4. The SMILES string of the molecule is Cn1ccnc1CC(=O)C1CCC2C3CCC4CC(C)(O)CCC4C3CCC12C. The van der Waals surface area contributed by atoms with Gasteiger partial charge in [-0.3, -0.25) is 4.79 Å². The summed E-state index contributed by atoms with van der Waals surface area (Å²) in [5.41, 5.74) is -0.247. The van der Waals surface area contributed by atoms with Gasteiger partial charge in [-0.15, -0.1) is 0 Å². The molecule has 0 aliphatic heterocycles. The summed E-state index contributed by atoms with van der Waals surface area (Å²) in [4.78, 5) is 17.7. The fourth-order valence-electron chi connectivity index (χ4n) is 8.46. The van der Waals surface area contributed by atoms with Gasteiger partial charge in [0.1, 0.15) is 11.6 Å². The van der Waals surface area contributed by atoms with Crippen molar-refractivity contribution in [2.45, 2.75) is 83.7 Å². The van der Waals surface area contributed by atoms with Crippen LogP contribution in [0.2, 0.25) is 0 Å². The minimum absolute atomic E-state index is 0.191. The molecule has 8 atom stereocenters. The zero-order chi connectivity index (χ0) is 20.4. The first kappa shape index (κ1) is 19.8. The molecule has 0 radical (unpaired) electrons. The Hall–Kier alpha value is -1.16. The smallest absolute Gasteiger partial charge is 0.144 e. The van der Waals surface area contributed by atoms with Gasteiger partial charge in [-0.2, -0.15) is 0 Å². The van der Waals surface area contributed by atoms with Crippen molar-refractivity contribution in [2.75, 3.05) is 0 Å². The number of imidazole rings is 1. The Bertz CT molecular complexity index is 784. The van der Waals surface area contributed by atoms with Crippen LogP contribution < -0.4 is 0 Å². The quantitative estimate of drug-likeness (QED) is 0.812. The first-order valence-electron chi connectivity index (χ1n) is 12.0. The molecule has 4 heteroatoms. The maximum Gasteiger partial charge on any atom is 0.144 e. The minimum Gasteiger partial charge on any atom is -0.390 e. The number of aryl methyl sites for hydroxylation is 1. The summed E-state index contributed by atoms with van der Waals surface area (Å²) >= 11 is 0. The van der Waals surface area contributed by atoms with E-state index in [0.29, 0.717) is 12.2 Å². The number of nitrogens with zero attached hydrogens (tertiary/aromatic N) is 2. The van der Waals surface area contributed by atoms with Crippen LogP contribution in [-0.4, -0.2) is 26.0 Å². The summed E-state index contributed by atoms with van der Waals surface area (Å²) in [6.45, 7) is 4.49. The van der Waals surface area contributed by atoms with Gasteiger partial charge >= 0.3 is 0 Å². The molecule has 1 aromatic rings. The summed E-state index contributed by atoms with van der Waals surface area (Å²) in [7, 11) is 1.99. The second-order valence-electron chi connectivity index (χ2n) is 11.4. The second kappa shape index (κ2) is 6.93. The van der Waals surface area contributed by atoms with E-state index >= 15 is 0 Å². The van der Waals surface area contributed by atoms with E-state index in [4.69, 9.17) is 0 Å². The van der Waals surface area contributed by atoms with Crippen LogP contribution >= 0.6 is 0 Å². The molecule has 4 aliphatic rings. The number of aromatic nitrogens is 2. The summed E-state index contributed by atoms with van der Waals surface area (Å²) < 4.78 is 1.99. The number of aliphatic hydroxyl groups is 1. The zero-order valence-corrected chi connectivity index (χ0v) is 18.4. The molecular weight excluding hydrogens is 360 g/mol. The van der Waals surface area contributed by atoms with Gasteiger partial charge in [0, 0.05) is 25.4 Å². The maximum absolute atomic E-state index is 13.3. The van der Waals surface area contributed by atoms with Crippen molar-refractivity contribution < 1.29 is 9.90 Å². The van der Waals surface area contributed by atoms with Crippen molar-refractivity contribution in [3.05, 3.63) is 18.2 Å².